The van der Waals surface area contributed by atoms with Crippen molar-refractivity contribution in [2.45, 2.75) is 32.8 Å². The summed E-state index contributed by atoms with van der Waals surface area (Å²) in [6, 6.07) is 9.33. The number of carbonyl (C=O) groups excluding carboxylic acids is 2. The molecule has 31 heavy (non-hydrogen) atoms. The number of nitrogens with zero attached hydrogens (tertiary/aromatic N) is 4. The van der Waals surface area contributed by atoms with Crippen LogP contribution >= 0.6 is 0 Å². The van der Waals surface area contributed by atoms with Crippen molar-refractivity contribution in [3.8, 4) is 5.75 Å². The van der Waals surface area contributed by atoms with Crippen LogP contribution < -0.4 is 15.0 Å². The molecule has 3 heterocycles. The van der Waals surface area contributed by atoms with E-state index in [-0.39, 0.29) is 29.8 Å². The summed E-state index contributed by atoms with van der Waals surface area (Å²) in [7, 11) is 0. The van der Waals surface area contributed by atoms with Gasteiger partial charge in [0.05, 0.1) is 30.5 Å². The third-order valence-electron chi connectivity index (χ3n) is 6.10. The molecule has 0 bridgehead atoms. The minimum absolute atomic E-state index is 0.0112. The van der Waals surface area contributed by atoms with Crippen LogP contribution in [0.4, 0.5) is 11.4 Å². The van der Waals surface area contributed by atoms with Crippen LogP contribution in [0.2, 0.25) is 0 Å². The van der Waals surface area contributed by atoms with Crippen molar-refractivity contribution in [3.05, 3.63) is 42.7 Å². The fraction of sp³-hybridized carbons (Fsp3) is 0.478. The van der Waals surface area contributed by atoms with E-state index in [9.17, 15) is 9.59 Å². The van der Waals surface area contributed by atoms with Crippen molar-refractivity contribution >= 4 is 23.2 Å². The molecule has 2 saturated heterocycles. The van der Waals surface area contributed by atoms with Gasteiger partial charge in [0.2, 0.25) is 11.8 Å². The fourth-order valence-electron chi connectivity index (χ4n) is 3.89. The first-order valence-electron chi connectivity index (χ1n) is 10.9. The van der Waals surface area contributed by atoms with E-state index in [0.29, 0.717) is 19.6 Å². The molecule has 4 rings (SSSR count). The maximum atomic E-state index is 12.5. The molecule has 2 aromatic rings. The molecule has 0 aliphatic carbocycles. The van der Waals surface area contributed by atoms with Crippen molar-refractivity contribution in [3.63, 3.8) is 0 Å². The zero-order valence-corrected chi connectivity index (χ0v) is 18.0. The molecule has 2 aliphatic rings. The lowest BCUT2D eigenvalue weighted by atomic mass is 9.98. The number of hydrogen-bond donors (Lipinski definition) is 1. The van der Waals surface area contributed by atoms with Gasteiger partial charge < -0.3 is 19.9 Å². The minimum Gasteiger partial charge on any atom is -0.489 e. The van der Waals surface area contributed by atoms with Gasteiger partial charge >= 0.3 is 0 Å². The topological polar surface area (TPSA) is 87.7 Å². The normalized spacial score (nSPS) is 19.6. The lowest BCUT2D eigenvalue weighted by Gasteiger charge is -2.39. The van der Waals surface area contributed by atoms with Gasteiger partial charge in [-0.25, -0.2) is 0 Å². The quantitative estimate of drug-likeness (QED) is 0.737. The van der Waals surface area contributed by atoms with Gasteiger partial charge in [-0.2, -0.15) is 10.2 Å². The van der Waals surface area contributed by atoms with Gasteiger partial charge in [-0.05, 0) is 36.8 Å². The summed E-state index contributed by atoms with van der Waals surface area (Å²) in [5.41, 5.74) is 1.73. The van der Waals surface area contributed by atoms with E-state index in [4.69, 9.17) is 4.74 Å². The second kappa shape index (κ2) is 9.32. The van der Waals surface area contributed by atoms with E-state index in [1.807, 2.05) is 49.1 Å². The minimum atomic E-state index is -0.0448. The number of rotatable bonds is 7. The average molecular weight is 424 g/mol. The van der Waals surface area contributed by atoms with Crippen molar-refractivity contribution in [2.75, 3.05) is 36.4 Å². The molecule has 2 amide bonds. The van der Waals surface area contributed by atoms with Gasteiger partial charge in [0.1, 0.15) is 11.9 Å². The maximum Gasteiger partial charge on any atom is 0.231 e. The highest BCUT2D eigenvalue weighted by molar-refractivity contribution is 5.94. The Morgan fingerprint density at radius 1 is 1.16 bits per heavy atom. The van der Waals surface area contributed by atoms with E-state index in [1.165, 1.54) is 0 Å². The summed E-state index contributed by atoms with van der Waals surface area (Å²) in [6.45, 7) is 6.73. The second-order valence-electron chi connectivity index (χ2n) is 8.34. The molecule has 0 unspecified atom stereocenters. The molecule has 0 saturated carbocycles. The molecule has 1 N–H and O–H groups in total. The summed E-state index contributed by atoms with van der Waals surface area (Å²) in [5.74, 6) is 0.992. The lowest BCUT2D eigenvalue weighted by Crippen LogP contribution is -2.52. The first-order valence-corrected chi connectivity index (χ1v) is 10.9. The molecule has 0 radical (unpaired) electrons. The summed E-state index contributed by atoms with van der Waals surface area (Å²) in [6.07, 6.45) is 5.06. The fourth-order valence-corrected chi connectivity index (χ4v) is 3.89. The summed E-state index contributed by atoms with van der Waals surface area (Å²) in [5, 5.41) is 10.6. The van der Waals surface area contributed by atoms with Gasteiger partial charge in [0.15, 0.2) is 0 Å². The van der Waals surface area contributed by atoms with Crippen LogP contribution in [0.3, 0.4) is 0 Å². The second-order valence-corrected chi connectivity index (χ2v) is 8.34. The summed E-state index contributed by atoms with van der Waals surface area (Å²) >= 11 is 0. The molecule has 1 aromatic carbocycles. The van der Waals surface area contributed by atoms with Gasteiger partial charge in [0.25, 0.3) is 0 Å². The third kappa shape index (κ3) is 4.95. The Morgan fingerprint density at radius 3 is 2.61 bits per heavy atom. The van der Waals surface area contributed by atoms with Crippen LogP contribution in [0.25, 0.3) is 0 Å². The van der Waals surface area contributed by atoms with Gasteiger partial charge in [-0.3, -0.25) is 9.59 Å². The van der Waals surface area contributed by atoms with Crippen molar-refractivity contribution in [2.24, 2.45) is 11.8 Å². The highest BCUT2D eigenvalue weighted by Crippen LogP contribution is 2.26. The Kier molecular flexibility index (Phi) is 6.34. The molecular formula is C23H29N5O3. The standard InChI is InChI=1S/C23H29N5O3/c1-3-16(2)23(30)27-11-9-21(15-27)31-20-6-4-18(5-7-20)26-22(29)17-13-28(14-17)19-8-10-24-25-12-19/h4-8,10,12,16-17,21H,3,9,11,13-15H2,1-2H3,(H,26,29)/t16-,21+/m0/s1. The van der Waals surface area contributed by atoms with E-state index in [1.54, 1.807) is 12.4 Å². The van der Waals surface area contributed by atoms with E-state index in [2.05, 4.69) is 20.4 Å². The van der Waals surface area contributed by atoms with Crippen LogP contribution in [0.5, 0.6) is 5.75 Å². The number of carbonyl (C=O) groups is 2. The molecule has 1 aromatic heterocycles. The Bertz CT molecular complexity index is 899. The molecule has 2 atom stereocenters. The van der Waals surface area contributed by atoms with E-state index in [0.717, 1.165) is 36.5 Å². The van der Waals surface area contributed by atoms with Crippen LogP contribution in [0.1, 0.15) is 26.7 Å². The van der Waals surface area contributed by atoms with Crippen molar-refractivity contribution in [1.29, 1.82) is 0 Å². The molecule has 8 nitrogen and oxygen atoms in total. The molecule has 164 valence electrons. The Morgan fingerprint density at radius 2 is 1.94 bits per heavy atom. The SMILES string of the molecule is CC[C@H](C)C(=O)N1CC[C@@H](Oc2ccc(NC(=O)C3CN(c4ccnnc4)C3)cc2)C1. The maximum absolute atomic E-state index is 12.5. The summed E-state index contributed by atoms with van der Waals surface area (Å²) < 4.78 is 6.05. The number of benzene rings is 1. The largest absolute Gasteiger partial charge is 0.489 e. The molecule has 2 fully saturated rings. The Labute approximate surface area is 182 Å². The number of ether oxygens (including phenoxy) is 1. The monoisotopic (exact) mass is 423 g/mol. The molecule has 0 spiro atoms. The van der Waals surface area contributed by atoms with Gasteiger partial charge in [-0.1, -0.05) is 13.8 Å². The Balaban J connectivity index is 1.23. The molecule has 2 aliphatic heterocycles. The van der Waals surface area contributed by atoms with Crippen molar-refractivity contribution in [1.82, 2.24) is 15.1 Å². The number of hydrogen-bond acceptors (Lipinski definition) is 6. The highest BCUT2D eigenvalue weighted by Gasteiger charge is 2.33. The van der Waals surface area contributed by atoms with Crippen LogP contribution in [0.15, 0.2) is 42.7 Å². The number of likely N-dealkylation sites (tertiary alicyclic amines) is 1. The molecule has 8 heteroatoms. The lowest BCUT2D eigenvalue weighted by molar-refractivity contribution is -0.134. The third-order valence-corrected chi connectivity index (χ3v) is 6.10. The number of amides is 2. The van der Waals surface area contributed by atoms with Gasteiger partial charge in [0, 0.05) is 37.7 Å². The zero-order chi connectivity index (χ0) is 21.8. The van der Waals surface area contributed by atoms with E-state index < -0.39 is 0 Å². The number of anilines is 2. The highest BCUT2D eigenvalue weighted by atomic mass is 16.5. The first-order chi connectivity index (χ1) is 15.0. The first kappa shape index (κ1) is 21.1. The number of nitrogens with one attached hydrogen (secondary N) is 1. The van der Waals surface area contributed by atoms with Crippen LogP contribution in [0, 0.1) is 11.8 Å². The van der Waals surface area contributed by atoms with Crippen LogP contribution in [-0.4, -0.2) is 59.2 Å². The predicted octanol–water partition coefficient (Wildman–Crippen LogP) is 2.58. The van der Waals surface area contributed by atoms with E-state index >= 15 is 0 Å². The smallest absolute Gasteiger partial charge is 0.231 e. The summed E-state index contributed by atoms with van der Waals surface area (Å²) in [4.78, 5) is 28.8. The van der Waals surface area contributed by atoms with Crippen molar-refractivity contribution < 1.29 is 14.3 Å². The van der Waals surface area contributed by atoms with Gasteiger partial charge in [-0.15, -0.1) is 0 Å². The Hall–Kier alpha value is -3.16. The van der Waals surface area contributed by atoms with Crippen LogP contribution in [-0.2, 0) is 9.59 Å². The predicted molar refractivity (Wildman–Crippen MR) is 118 cm³/mol. The number of aromatic nitrogens is 2. The molecular weight excluding hydrogens is 394 g/mol. The average Bonchev–Trinajstić information content (AvgIpc) is 3.22. The zero-order valence-electron chi connectivity index (χ0n) is 18.0.